The van der Waals surface area contributed by atoms with Crippen LogP contribution < -0.4 is 10.2 Å². The first-order valence-electron chi connectivity index (χ1n) is 7.38. The third-order valence-electron chi connectivity index (χ3n) is 3.24. The van der Waals surface area contributed by atoms with Gasteiger partial charge >= 0.3 is 0 Å². The van der Waals surface area contributed by atoms with Crippen LogP contribution in [0.5, 0.6) is 0 Å². The number of nitrogens with zero attached hydrogens (tertiary/aromatic N) is 3. The Hall–Kier alpha value is -1.36. The summed E-state index contributed by atoms with van der Waals surface area (Å²) in [5.74, 6) is 2.99. The summed E-state index contributed by atoms with van der Waals surface area (Å²) >= 11 is 0. The van der Waals surface area contributed by atoms with E-state index in [-0.39, 0.29) is 12.0 Å². The van der Waals surface area contributed by atoms with Gasteiger partial charge in [0, 0.05) is 31.6 Å². The SMILES string of the molecule is CCNc1nc(C(C)C)nc(N(C)CCC(C)O)c1C. The van der Waals surface area contributed by atoms with Crippen molar-refractivity contribution in [2.75, 3.05) is 30.4 Å². The van der Waals surface area contributed by atoms with Crippen LogP contribution in [-0.2, 0) is 0 Å². The van der Waals surface area contributed by atoms with E-state index in [4.69, 9.17) is 0 Å². The lowest BCUT2D eigenvalue weighted by Crippen LogP contribution is -2.25. The van der Waals surface area contributed by atoms with Crippen molar-refractivity contribution in [1.82, 2.24) is 9.97 Å². The Morgan fingerprint density at radius 1 is 1.25 bits per heavy atom. The molecule has 5 heteroatoms. The minimum absolute atomic E-state index is 0.289. The lowest BCUT2D eigenvalue weighted by molar-refractivity contribution is 0.187. The summed E-state index contributed by atoms with van der Waals surface area (Å²) in [7, 11) is 2.01. The third kappa shape index (κ3) is 4.34. The van der Waals surface area contributed by atoms with E-state index in [0.717, 1.165) is 42.5 Å². The predicted molar refractivity (Wildman–Crippen MR) is 84.6 cm³/mol. The fourth-order valence-electron chi connectivity index (χ4n) is 1.98. The second-order valence-corrected chi connectivity index (χ2v) is 5.62. The smallest absolute Gasteiger partial charge is 0.137 e. The highest BCUT2D eigenvalue weighted by Gasteiger charge is 2.15. The van der Waals surface area contributed by atoms with Gasteiger partial charge in [0.1, 0.15) is 17.5 Å². The van der Waals surface area contributed by atoms with Crippen LogP contribution in [0, 0.1) is 6.92 Å². The molecule has 0 fully saturated rings. The fraction of sp³-hybridized carbons (Fsp3) is 0.733. The lowest BCUT2D eigenvalue weighted by Gasteiger charge is -2.23. The molecular formula is C15H28N4O. The van der Waals surface area contributed by atoms with Crippen LogP contribution in [-0.4, -0.2) is 41.3 Å². The Bertz CT molecular complexity index is 432. The van der Waals surface area contributed by atoms with E-state index in [1.165, 1.54) is 0 Å². The summed E-state index contributed by atoms with van der Waals surface area (Å²) in [6.07, 6.45) is 0.436. The highest BCUT2D eigenvalue weighted by Crippen LogP contribution is 2.25. The Balaban J connectivity index is 3.09. The van der Waals surface area contributed by atoms with Crippen molar-refractivity contribution in [2.45, 2.75) is 53.1 Å². The van der Waals surface area contributed by atoms with Crippen molar-refractivity contribution in [3.8, 4) is 0 Å². The summed E-state index contributed by atoms with van der Waals surface area (Å²) in [6.45, 7) is 11.7. The van der Waals surface area contributed by atoms with Crippen molar-refractivity contribution in [3.05, 3.63) is 11.4 Å². The molecule has 20 heavy (non-hydrogen) atoms. The van der Waals surface area contributed by atoms with E-state index in [1.807, 2.05) is 20.9 Å². The molecular weight excluding hydrogens is 252 g/mol. The molecule has 0 amide bonds. The van der Waals surface area contributed by atoms with Gasteiger partial charge in [-0.05, 0) is 27.2 Å². The Labute approximate surface area is 122 Å². The molecule has 0 saturated heterocycles. The predicted octanol–water partition coefficient (Wildman–Crippen LogP) is 2.55. The Kier molecular flexibility index (Phi) is 6.20. The summed E-state index contributed by atoms with van der Waals surface area (Å²) in [5.41, 5.74) is 1.06. The zero-order valence-electron chi connectivity index (χ0n) is 13.6. The number of nitrogens with one attached hydrogen (secondary N) is 1. The van der Waals surface area contributed by atoms with Gasteiger partial charge in [0.15, 0.2) is 0 Å². The monoisotopic (exact) mass is 280 g/mol. The van der Waals surface area contributed by atoms with E-state index in [9.17, 15) is 5.11 Å². The van der Waals surface area contributed by atoms with Gasteiger partial charge in [-0.25, -0.2) is 9.97 Å². The van der Waals surface area contributed by atoms with Crippen molar-refractivity contribution in [1.29, 1.82) is 0 Å². The number of anilines is 2. The number of rotatable bonds is 7. The van der Waals surface area contributed by atoms with E-state index < -0.39 is 0 Å². The maximum Gasteiger partial charge on any atom is 0.137 e. The molecule has 1 rings (SSSR count). The second kappa shape index (κ2) is 7.43. The van der Waals surface area contributed by atoms with Gasteiger partial charge in [-0.15, -0.1) is 0 Å². The molecule has 0 aliphatic carbocycles. The lowest BCUT2D eigenvalue weighted by atomic mass is 10.2. The quantitative estimate of drug-likeness (QED) is 0.803. The first kappa shape index (κ1) is 16.7. The summed E-state index contributed by atoms with van der Waals surface area (Å²) in [4.78, 5) is 11.4. The molecule has 1 unspecified atom stereocenters. The van der Waals surface area contributed by atoms with E-state index >= 15 is 0 Å². The zero-order chi connectivity index (χ0) is 15.3. The number of aromatic nitrogens is 2. The first-order chi connectivity index (χ1) is 9.36. The molecule has 0 radical (unpaired) electrons. The molecule has 0 spiro atoms. The van der Waals surface area contributed by atoms with Crippen molar-refractivity contribution < 1.29 is 5.11 Å². The maximum absolute atomic E-state index is 9.43. The molecule has 5 nitrogen and oxygen atoms in total. The minimum Gasteiger partial charge on any atom is -0.393 e. The molecule has 0 aromatic carbocycles. The second-order valence-electron chi connectivity index (χ2n) is 5.62. The Morgan fingerprint density at radius 2 is 1.90 bits per heavy atom. The van der Waals surface area contributed by atoms with Crippen molar-refractivity contribution in [3.63, 3.8) is 0 Å². The van der Waals surface area contributed by atoms with Crippen LogP contribution in [0.3, 0.4) is 0 Å². The third-order valence-corrected chi connectivity index (χ3v) is 3.24. The highest BCUT2D eigenvalue weighted by molar-refractivity contribution is 5.58. The largest absolute Gasteiger partial charge is 0.393 e. The van der Waals surface area contributed by atoms with Gasteiger partial charge in [0.25, 0.3) is 0 Å². The van der Waals surface area contributed by atoms with Crippen molar-refractivity contribution in [2.24, 2.45) is 0 Å². The number of aliphatic hydroxyl groups is 1. The zero-order valence-corrected chi connectivity index (χ0v) is 13.6. The van der Waals surface area contributed by atoms with Gasteiger partial charge in [-0.3, -0.25) is 0 Å². The molecule has 0 aliphatic rings. The van der Waals surface area contributed by atoms with Crippen LogP contribution in [0.25, 0.3) is 0 Å². The summed E-state index contributed by atoms with van der Waals surface area (Å²) < 4.78 is 0. The average molecular weight is 280 g/mol. The fourth-order valence-corrected chi connectivity index (χ4v) is 1.98. The van der Waals surface area contributed by atoms with Gasteiger partial charge in [0.05, 0.1) is 6.10 Å². The Morgan fingerprint density at radius 3 is 2.40 bits per heavy atom. The molecule has 1 heterocycles. The van der Waals surface area contributed by atoms with Gasteiger partial charge in [-0.2, -0.15) is 0 Å². The summed E-state index contributed by atoms with van der Waals surface area (Å²) in [5, 5.41) is 12.7. The molecule has 0 bridgehead atoms. The van der Waals surface area contributed by atoms with Gasteiger partial charge in [-0.1, -0.05) is 13.8 Å². The molecule has 2 N–H and O–H groups in total. The number of hydrogen-bond acceptors (Lipinski definition) is 5. The molecule has 1 aromatic rings. The minimum atomic E-state index is -0.294. The molecule has 0 saturated carbocycles. The van der Waals surface area contributed by atoms with Crippen LogP contribution in [0.1, 0.15) is 51.4 Å². The van der Waals surface area contributed by atoms with Gasteiger partial charge in [0.2, 0.25) is 0 Å². The van der Waals surface area contributed by atoms with Gasteiger partial charge < -0.3 is 15.3 Å². The normalized spacial score (nSPS) is 12.6. The topological polar surface area (TPSA) is 61.3 Å². The molecule has 114 valence electrons. The number of hydrogen-bond donors (Lipinski definition) is 2. The van der Waals surface area contributed by atoms with Crippen LogP contribution >= 0.6 is 0 Å². The molecule has 1 aromatic heterocycles. The van der Waals surface area contributed by atoms with E-state index in [1.54, 1.807) is 0 Å². The van der Waals surface area contributed by atoms with Crippen LogP contribution in [0.2, 0.25) is 0 Å². The van der Waals surface area contributed by atoms with E-state index in [0.29, 0.717) is 0 Å². The maximum atomic E-state index is 9.43. The highest BCUT2D eigenvalue weighted by atomic mass is 16.3. The first-order valence-corrected chi connectivity index (χ1v) is 7.38. The standard InChI is InChI=1S/C15H28N4O/c1-7-16-14-12(5)15(18-13(17-14)10(2)3)19(6)9-8-11(4)20/h10-11,20H,7-9H2,1-6H3,(H,16,17,18). The van der Waals surface area contributed by atoms with Crippen molar-refractivity contribution >= 4 is 11.6 Å². The summed E-state index contributed by atoms with van der Waals surface area (Å²) in [6, 6.07) is 0. The van der Waals surface area contributed by atoms with Crippen LogP contribution in [0.15, 0.2) is 0 Å². The average Bonchev–Trinajstić information content (AvgIpc) is 2.38. The molecule has 0 aliphatic heterocycles. The van der Waals surface area contributed by atoms with E-state index in [2.05, 4.69) is 41.0 Å². The number of aliphatic hydroxyl groups excluding tert-OH is 1. The molecule has 1 atom stereocenters. The van der Waals surface area contributed by atoms with Crippen LogP contribution in [0.4, 0.5) is 11.6 Å².